The summed E-state index contributed by atoms with van der Waals surface area (Å²) in [6.07, 6.45) is 6.23. The van der Waals surface area contributed by atoms with Crippen LogP contribution < -0.4 is 5.32 Å². The van der Waals surface area contributed by atoms with Crippen LogP contribution in [-0.2, 0) is 15.6 Å². The van der Waals surface area contributed by atoms with Crippen LogP contribution in [0.4, 0.5) is 10.3 Å². The van der Waals surface area contributed by atoms with Gasteiger partial charge >= 0.3 is 0 Å². The second-order valence-electron chi connectivity index (χ2n) is 10.3. The maximum Gasteiger partial charge on any atom is 0.223 e. The van der Waals surface area contributed by atoms with E-state index in [1.54, 1.807) is 25.3 Å². The smallest absolute Gasteiger partial charge is 0.223 e. The molecule has 1 saturated carbocycles. The van der Waals surface area contributed by atoms with Gasteiger partial charge in [-0.15, -0.1) is 0 Å². The third-order valence-corrected chi connectivity index (χ3v) is 9.51. The number of aromatic nitrogens is 3. The fourth-order valence-electron chi connectivity index (χ4n) is 5.17. The highest BCUT2D eigenvalue weighted by molar-refractivity contribution is 7.90. The average molecular weight is 568 g/mol. The lowest BCUT2D eigenvalue weighted by atomic mass is 9.91. The zero-order valence-corrected chi connectivity index (χ0v) is 23.7. The van der Waals surface area contributed by atoms with Gasteiger partial charge in [0.05, 0.1) is 21.1 Å². The molecule has 1 fully saturated rings. The first kappa shape index (κ1) is 27.4. The Balaban J connectivity index is 1.34. The molecule has 2 aromatic carbocycles. The Bertz CT molecular complexity index is 1620. The topological polar surface area (TPSA) is 88.1 Å². The number of hydrogen-bond donors (Lipinski definition) is 1. The van der Waals surface area contributed by atoms with E-state index >= 15 is 4.39 Å². The number of nitrogens with one attached hydrogen (secondary N) is 1. The quantitative estimate of drug-likeness (QED) is 0.291. The lowest BCUT2D eigenvalue weighted by Crippen LogP contribution is -2.36. The minimum absolute atomic E-state index is 0.0424. The van der Waals surface area contributed by atoms with Crippen molar-refractivity contribution in [2.24, 2.45) is 0 Å². The van der Waals surface area contributed by atoms with Crippen molar-refractivity contribution in [1.82, 2.24) is 19.9 Å². The van der Waals surface area contributed by atoms with Crippen LogP contribution in [-0.4, -0.2) is 54.4 Å². The lowest BCUT2D eigenvalue weighted by molar-refractivity contribution is 0.221. The number of rotatable bonds is 7. The number of anilines is 1. The predicted molar refractivity (Wildman–Crippen MR) is 153 cm³/mol. The molecule has 1 aliphatic carbocycles. The molecule has 0 bridgehead atoms. The largest absolute Gasteiger partial charge is 0.351 e. The van der Waals surface area contributed by atoms with Crippen molar-refractivity contribution in [2.75, 3.05) is 19.4 Å². The molecular weight excluding hydrogens is 537 g/mol. The van der Waals surface area contributed by atoms with Gasteiger partial charge in [0.15, 0.2) is 9.84 Å². The van der Waals surface area contributed by atoms with Crippen molar-refractivity contribution in [2.45, 2.75) is 55.3 Å². The van der Waals surface area contributed by atoms with E-state index < -0.39 is 21.4 Å². The van der Waals surface area contributed by atoms with Crippen LogP contribution in [0.1, 0.15) is 37.1 Å². The third kappa shape index (κ3) is 6.05. The molecule has 0 unspecified atom stereocenters. The maximum absolute atomic E-state index is 15.1. The molecule has 7 nitrogen and oxygen atoms in total. The minimum atomic E-state index is -3.87. The van der Waals surface area contributed by atoms with Crippen molar-refractivity contribution in [3.63, 3.8) is 0 Å². The molecule has 4 aromatic rings. The van der Waals surface area contributed by atoms with E-state index in [4.69, 9.17) is 11.6 Å². The number of benzene rings is 2. The number of halogens is 2. The van der Waals surface area contributed by atoms with Gasteiger partial charge in [-0.25, -0.2) is 22.8 Å². The Hall–Kier alpha value is -3.14. The molecular formula is C29H31ClFN5O2S. The standard InChI is InChI=1S/C29H31ClFN5O2S/c1-18-23(15-25(31)27(33-18)17-39(37,38)28-7-5-4-6-24(28)30)19-8-13-26-20(14-19)16-32-29(35-26)34-21-9-11-22(12-10-21)36(2)3/h4-8,13-16,21-22H,9-12,17H2,1-3H3,(H,32,34,35). The van der Waals surface area contributed by atoms with Gasteiger partial charge in [0.1, 0.15) is 11.6 Å². The molecule has 0 aliphatic heterocycles. The molecule has 2 aromatic heterocycles. The second kappa shape index (κ2) is 11.2. The molecule has 204 valence electrons. The van der Waals surface area contributed by atoms with Crippen LogP contribution in [0.5, 0.6) is 0 Å². The highest BCUT2D eigenvalue weighted by Gasteiger charge is 2.24. The third-order valence-electron chi connectivity index (χ3n) is 7.39. The fraction of sp³-hybridized carbons (Fsp3) is 0.345. The summed E-state index contributed by atoms with van der Waals surface area (Å²) in [4.78, 5) is 15.8. The molecule has 0 amide bonds. The lowest BCUT2D eigenvalue weighted by Gasteiger charge is -2.32. The zero-order chi connectivity index (χ0) is 27.7. The van der Waals surface area contributed by atoms with Gasteiger partial charge < -0.3 is 10.2 Å². The summed E-state index contributed by atoms with van der Waals surface area (Å²) in [6, 6.07) is 14.1. The van der Waals surface area contributed by atoms with Crippen molar-refractivity contribution in [3.8, 4) is 11.1 Å². The van der Waals surface area contributed by atoms with Crippen LogP contribution in [0.3, 0.4) is 0 Å². The molecule has 39 heavy (non-hydrogen) atoms. The molecule has 10 heteroatoms. The summed E-state index contributed by atoms with van der Waals surface area (Å²) in [5.74, 6) is -0.662. The second-order valence-corrected chi connectivity index (χ2v) is 12.7. The highest BCUT2D eigenvalue weighted by Crippen LogP contribution is 2.30. The predicted octanol–water partition coefficient (Wildman–Crippen LogP) is 6.05. The SMILES string of the molecule is Cc1nc(CS(=O)(=O)c2ccccc2Cl)c(F)cc1-c1ccc2nc(NC3CCC(N(C)C)CC3)ncc2c1. The van der Waals surface area contributed by atoms with E-state index in [1.165, 1.54) is 18.2 Å². The van der Waals surface area contributed by atoms with E-state index in [2.05, 4.69) is 39.3 Å². The van der Waals surface area contributed by atoms with Crippen LogP contribution in [0.15, 0.2) is 59.6 Å². The molecule has 1 N–H and O–H groups in total. The zero-order valence-electron chi connectivity index (χ0n) is 22.2. The number of sulfone groups is 1. The van der Waals surface area contributed by atoms with Gasteiger partial charge in [0.25, 0.3) is 0 Å². The Morgan fingerprint density at radius 2 is 1.79 bits per heavy atom. The van der Waals surface area contributed by atoms with Gasteiger partial charge in [-0.05, 0) is 82.6 Å². The van der Waals surface area contributed by atoms with Crippen LogP contribution >= 0.6 is 11.6 Å². The molecule has 0 saturated heterocycles. The van der Waals surface area contributed by atoms with Crippen molar-refractivity contribution in [1.29, 1.82) is 0 Å². The summed E-state index contributed by atoms with van der Waals surface area (Å²) >= 11 is 6.06. The first-order valence-corrected chi connectivity index (χ1v) is 15.0. The molecule has 0 atom stereocenters. The number of hydrogen-bond acceptors (Lipinski definition) is 7. The van der Waals surface area contributed by atoms with E-state index in [1.807, 2.05) is 18.2 Å². The number of fused-ring (bicyclic) bond motifs is 1. The molecule has 5 rings (SSSR count). The molecule has 0 spiro atoms. The summed E-state index contributed by atoms with van der Waals surface area (Å²) < 4.78 is 40.9. The summed E-state index contributed by atoms with van der Waals surface area (Å²) in [5, 5.41) is 4.39. The first-order chi connectivity index (χ1) is 18.6. The minimum Gasteiger partial charge on any atom is -0.351 e. The van der Waals surface area contributed by atoms with Crippen molar-refractivity contribution in [3.05, 3.63) is 77.0 Å². The Morgan fingerprint density at radius 3 is 2.51 bits per heavy atom. The van der Waals surface area contributed by atoms with E-state index in [9.17, 15) is 8.42 Å². The molecule has 1 aliphatic rings. The van der Waals surface area contributed by atoms with Crippen LogP contribution in [0.2, 0.25) is 5.02 Å². The fourth-order valence-corrected chi connectivity index (χ4v) is 7.03. The highest BCUT2D eigenvalue weighted by atomic mass is 35.5. The Labute approximate surface area is 233 Å². The van der Waals surface area contributed by atoms with E-state index in [-0.39, 0.29) is 15.6 Å². The number of aryl methyl sites for hydroxylation is 1. The van der Waals surface area contributed by atoms with E-state index in [0.29, 0.717) is 29.3 Å². The number of nitrogens with zero attached hydrogens (tertiary/aromatic N) is 4. The molecule has 0 radical (unpaired) electrons. The van der Waals surface area contributed by atoms with Crippen LogP contribution in [0.25, 0.3) is 22.0 Å². The van der Waals surface area contributed by atoms with Crippen LogP contribution in [0, 0.1) is 12.7 Å². The van der Waals surface area contributed by atoms with Gasteiger partial charge in [-0.3, -0.25) is 4.98 Å². The summed E-state index contributed by atoms with van der Waals surface area (Å²) in [6.45, 7) is 1.74. The van der Waals surface area contributed by atoms with Gasteiger partial charge in [0.2, 0.25) is 5.95 Å². The summed E-state index contributed by atoms with van der Waals surface area (Å²) in [5.41, 5.74) is 2.49. The Kier molecular flexibility index (Phi) is 7.84. The molecule has 2 heterocycles. The Morgan fingerprint density at radius 1 is 1.05 bits per heavy atom. The van der Waals surface area contributed by atoms with Gasteiger partial charge in [0, 0.05) is 34.9 Å². The van der Waals surface area contributed by atoms with Gasteiger partial charge in [-0.2, -0.15) is 0 Å². The monoisotopic (exact) mass is 567 g/mol. The average Bonchev–Trinajstić information content (AvgIpc) is 2.90. The maximum atomic E-state index is 15.1. The van der Waals surface area contributed by atoms with Crippen molar-refractivity contribution >= 4 is 38.3 Å². The normalized spacial score (nSPS) is 18.0. The summed E-state index contributed by atoms with van der Waals surface area (Å²) in [7, 11) is 0.392. The van der Waals surface area contributed by atoms with E-state index in [0.717, 1.165) is 42.1 Å². The first-order valence-electron chi connectivity index (χ1n) is 12.9. The number of pyridine rings is 1. The van der Waals surface area contributed by atoms with Crippen molar-refractivity contribution < 1.29 is 12.8 Å². The van der Waals surface area contributed by atoms with Gasteiger partial charge in [-0.1, -0.05) is 29.8 Å².